The number of carboxylic acids is 1. The molecule has 0 radical (unpaired) electrons. The number of aryl methyl sites for hydroxylation is 1. The molecule has 0 fully saturated rings. The standard InChI is InChI=1S/C24H38O3/c1-2-3-4-5-6-7-8-9-10-11-12-13-14-15-16-18-21-19-17-20-22(25)23(21)24(26)27/h5-6,17,19-20,25H,2-4,7-16,18H2,1H3,(H,26,27)/b6-5-. The van der Waals surface area contributed by atoms with E-state index in [2.05, 4.69) is 19.1 Å². The summed E-state index contributed by atoms with van der Waals surface area (Å²) in [6.07, 6.45) is 21.7. The minimum atomic E-state index is -1.04. The minimum Gasteiger partial charge on any atom is -0.507 e. The minimum absolute atomic E-state index is 0.0673. The number of carbonyl (C=O) groups is 1. The zero-order valence-corrected chi connectivity index (χ0v) is 17.1. The second-order valence-electron chi connectivity index (χ2n) is 7.45. The fourth-order valence-electron chi connectivity index (χ4n) is 3.41. The third-order valence-corrected chi connectivity index (χ3v) is 5.05. The highest BCUT2D eigenvalue weighted by Crippen LogP contribution is 2.23. The first-order valence-corrected chi connectivity index (χ1v) is 10.9. The quantitative estimate of drug-likeness (QED) is 0.236. The van der Waals surface area contributed by atoms with Crippen molar-refractivity contribution in [3.63, 3.8) is 0 Å². The van der Waals surface area contributed by atoms with E-state index < -0.39 is 5.97 Å². The van der Waals surface area contributed by atoms with E-state index >= 15 is 0 Å². The number of phenols is 1. The van der Waals surface area contributed by atoms with Crippen LogP contribution in [-0.2, 0) is 6.42 Å². The van der Waals surface area contributed by atoms with Gasteiger partial charge in [-0.15, -0.1) is 0 Å². The lowest BCUT2D eigenvalue weighted by Crippen LogP contribution is -2.03. The van der Waals surface area contributed by atoms with Crippen LogP contribution < -0.4 is 0 Å². The van der Waals surface area contributed by atoms with E-state index in [0.717, 1.165) is 24.8 Å². The first-order valence-electron chi connectivity index (χ1n) is 10.9. The van der Waals surface area contributed by atoms with Crippen LogP contribution in [0.25, 0.3) is 0 Å². The van der Waals surface area contributed by atoms with Crippen molar-refractivity contribution in [2.75, 3.05) is 0 Å². The fourth-order valence-corrected chi connectivity index (χ4v) is 3.41. The van der Waals surface area contributed by atoms with Gasteiger partial charge in [-0.2, -0.15) is 0 Å². The average Bonchev–Trinajstić information content (AvgIpc) is 2.64. The Morgan fingerprint density at radius 3 is 2.00 bits per heavy atom. The molecular weight excluding hydrogens is 336 g/mol. The van der Waals surface area contributed by atoms with E-state index in [9.17, 15) is 15.0 Å². The average molecular weight is 375 g/mol. The highest BCUT2D eigenvalue weighted by molar-refractivity contribution is 5.92. The van der Waals surface area contributed by atoms with E-state index in [1.165, 1.54) is 76.7 Å². The lowest BCUT2D eigenvalue weighted by molar-refractivity contribution is 0.0692. The Morgan fingerprint density at radius 2 is 1.41 bits per heavy atom. The molecule has 0 aliphatic carbocycles. The maximum Gasteiger partial charge on any atom is 0.339 e. The van der Waals surface area contributed by atoms with Crippen molar-refractivity contribution in [1.29, 1.82) is 0 Å². The second kappa shape index (κ2) is 15.3. The van der Waals surface area contributed by atoms with E-state index in [1.54, 1.807) is 6.07 Å². The van der Waals surface area contributed by atoms with Crippen LogP contribution in [0.4, 0.5) is 0 Å². The molecule has 0 aliphatic rings. The van der Waals surface area contributed by atoms with Crippen molar-refractivity contribution >= 4 is 5.97 Å². The summed E-state index contributed by atoms with van der Waals surface area (Å²) in [5.41, 5.74) is 0.809. The fraction of sp³-hybridized carbons (Fsp3) is 0.625. The van der Waals surface area contributed by atoms with E-state index in [0.29, 0.717) is 0 Å². The normalized spacial score (nSPS) is 11.3. The summed E-state index contributed by atoms with van der Waals surface area (Å²) < 4.78 is 0. The van der Waals surface area contributed by atoms with E-state index in [1.807, 2.05) is 6.07 Å². The Bertz CT molecular complexity index is 549. The molecule has 0 aromatic heterocycles. The van der Waals surface area contributed by atoms with Gasteiger partial charge in [-0.25, -0.2) is 4.79 Å². The summed E-state index contributed by atoms with van der Waals surface area (Å²) in [6.45, 7) is 2.23. The Morgan fingerprint density at radius 1 is 0.852 bits per heavy atom. The molecule has 3 heteroatoms. The van der Waals surface area contributed by atoms with Crippen molar-refractivity contribution in [2.45, 2.75) is 96.8 Å². The number of carboxylic acid groups (broad SMARTS) is 1. The van der Waals surface area contributed by atoms with Crippen LogP contribution in [0, 0.1) is 0 Å². The third kappa shape index (κ3) is 10.8. The van der Waals surface area contributed by atoms with Crippen LogP contribution in [0.5, 0.6) is 5.75 Å². The summed E-state index contributed by atoms with van der Waals surface area (Å²) in [4.78, 5) is 11.2. The molecule has 0 amide bonds. The van der Waals surface area contributed by atoms with Crippen LogP contribution in [0.2, 0.25) is 0 Å². The van der Waals surface area contributed by atoms with Crippen molar-refractivity contribution < 1.29 is 15.0 Å². The first-order chi connectivity index (χ1) is 13.2. The SMILES string of the molecule is CCCC/C=C\CCCCCCCCCCCc1cccc(O)c1C(=O)O. The van der Waals surface area contributed by atoms with Gasteiger partial charge in [0, 0.05) is 0 Å². The van der Waals surface area contributed by atoms with Crippen LogP contribution in [0.3, 0.4) is 0 Å². The molecular formula is C24H38O3. The molecule has 0 spiro atoms. The van der Waals surface area contributed by atoms with Gasteiger partial charge in [0.2, 0.25) is 0 Å². The Hall–Kier alpha value is -1.77. The van der Waals surface area contributed by atoms with Gasteiger partial charge in [0.05, 0.1) is 0 Å². The zero-order valence-electron chi connectivity index (χ0n) is 17.1. The van der Waals surface area contributed by atoms with Gasteiger partial charge in [-0.05, 0) is 43.7 Å². The van der Waals surface area contributed by atoms with Gasteiger partial charge < -0.3 is 10.2 Å². The Kier molecular flexibility index (Phi) is 13.2. The lowest BCUT2D eigenvalue weighted by Gasteiger charge is -2.08. The van der Waals surface area contributed by atoms with E-state index in [4.69, 9.17) is 0 Å². The lowest BCUT2D eigenvalue weighted by atomic mass is 9.99. The summed E-state index contributed by atoms with van der Waals surface area (Å²) in [5.74, 6) is -1.17. The number of benzene rings is 1. The van der Waals surface area contributed by atoms with Crippen molar-refractivity contribution in [3.8, 4) is 5.75 Å². The Balaban J connectivity index is 1.98. The van der Waals surface area contributed by atoms with Crippen molar-refractivity contribution in [2.24, 2.45) is 0 Å². The topological polar surface area (TPSA) is 57.5 Å². The molecule has 0 unspecified atom stereocenters. The Labute approximate surface area is 165 Å². The number of aromatic carboxylic acids is 1. The predicted octanol–water partition coefficient (Wildman–Crippen LogP) is 7.28. The zero-order chi connectivity index (χ0) is 19.7. The number of rotatable bonds is 16. The van der Waals surface area contributed by atoms with E-state index in [-0.39, 0.29) is 11.3 Å². The molecule has 152 valence electrons. The highest BCUT2D eigenvalue weighted by Gasteiger charge is 2.14. The maximum atomic E-state index is 11.2. The van der Waals surface area contributed by atoms with Crippen LogP contribution in [0.1, 0.15) is 106 Å². The summed E-state index contributed by atoms with van der Waals surface area (Å²) in [7, 11) is 0. The molecule has 1 rings (SSSR count). The number of unbranched alkanes of at least 4 members (excludes halogenated alkanes) is 11. The molecule has 0 heterocycles. The largest absolute Gasteiger partial charge is 0.507 e. The molecule has 1 aromatic carbocycles. The van der Waals surface area contributed by atoms with Gasteiger partial charge in [0.15, 0.2) is 0 Å². The van der Waals surface area contributed by atoms with Crippen molar-refractivity contribution in [1.82, 2.24) is 0 Å². The number of hydrogen-bond acceptors (Lipinski definition) is 2. The molecule has 0 saturated heterocycles. The monoisotopic (exact) mass is 374 g/mol. The number of allylic oxidation sites excluding steroid dienone is 2. The molecule has 0 saturated carbocycles. The van der Waals surface area contributed by atoms with Crippen molar-refractivity contribution in [3.05, 3.63) is 41.5 Å². The third-order valence-electron chi connectivity index (χ3n) is 5.05. The summed E-state index contributed by atoms with van der Waals surface area (Å²) in [6, 6.07) is 4.97. The van der Waals surface area contributed by atoms with Gasteiger partial charge in [0.1, 0.15) is 11.3 Å². The molecule has 0 atom stereocenters. The molecule has 0 bridgehead atoms. The predicted molar refractivity (Wildman–Crippen MR) is 114 cm³/mol. The second-order valence-corrected chi connectivity index (χ2v) is 7.45. The summed E-state index contributed by atoms with van der Waals surface area (Å²) in [5, 5.41) is 18.9. The highest BCUT2D eigenvalue weighted by atomic mass is 16.4. The van der Waals surface area contributed by atoms with Gasteiger partial charge >= 0.3 is 5.97 Å². The van der Waals surface area contributed by atoms with Gasteiger partial charge in [-0.3, -0.25) is 0 Å². The van der Waals surface area contributed by atoms with Crippen LogP contribution >= 0.6 is 0 Å². The number of aromatic hydroxyl groups is 1. The van der Waals surface area contributed by atoms with Gasteiger partial charge in [-0.1, -0.05) is 89.0 Å². The van der Waals surface area contributed by atoms with Crippen LogP contribution in [0.15, 0.2) is 30.4 Å². The molecule has 2 N–H and O–H groups in total. The molecule has 3 nitrogen and oxygen atoms in total. The smallest absolute Gasteiger partial charge is 0.339 e. The van der Waals surface area contributed by atoms with Gasteiger partial charge in [0.25, 0.3) is 0 Å². The first kappa shape index (κ1) is 23.3. The number of hydrogen-bond donors (Lipinski definition) is 2. The molecule has 0 aliphatic heterocycles. The maximum absolute atomic E-state index is 11.2. The summed E-state index contributed by atoms with van der Waals surface area (Å²) >= 11 is 0. The van der Waals surface area contributed by atoms with Crippen LogP contribution in [-0.4, -0.2) is 16.2 Å². The molecule has 27 heavy (non-hydrogen) atoms. The molecule has 1 aromatic rings.